The lowest BCUT2D eigenvalue weighted by Crippen LogP contribution is -2.59. The first-order valence-electron chi connectivity index (χ1n) is 20.1. The fourth-order valence-corrected chi connectivity index (χ4v) is 6.28. The fourth-order valence-electron chi connectivity index (χ4n) is 6.28. The van der Waals surface area contributed by atoms with E-state index < -0.39 is 83.4 Å². The molecule has 0 fully saturated rings. The highest BCUT2D eigenvalue weighted by atomic mass is 19.4. The van der Waals surface area contributed by atoms with Gasteiger partial charge in [-0.15, -0.1) is 0 Å². The van der Waals surface area contributed by atoms with Crippen molar-refractivity contribution in [1.82, 2.24) is 49.8 Å². The number of primary amides is 2. The van der Waals surface area contributed by atoms with E-state index in [1.807, 2.05) is 10.6 Å². The molecular formula is C42H32F10N14O6. The molecule has 8 N–H and O–H groups in total. The quantitative estimate of drug-likeness (QED) is 0.0693. The lowest BCUT2D eigenvalue weighted by atomic mass is 10.0. The number of hydrogen-bond acceptors (Lipinski definition) is 16. The number of amides is 2. The average Bonchev–Trinajstić information content (AvgIpc) is 4.18. The van der Waals surface area contributed by atoms with Crippen LogP contribution >= 0.6 is 0 Å². The summed E-state index contributed by atoms with van der Waals surface area (Å²) in [5.74, 6) is -9.45. The summed E-state index contributed by atoms with van der Waals surface area (Å²) in [6.07, 6.45) is -6.95. The van der Waals surface area contributed by atoms with Gasteiger partial charge in [-0.2, -0.15) is 36.5 Å². The van der Waals surface area contributed by atoms with Crippen molar-refractivity contribution >= 4 is 23.5 Å². The van der Waals surface area contributed by atoms with E-state index >= 15 is 0 Å². The van der Waals surface area contributed by atoms with E-state index in [0.29, 0.717) is 35.2 Å². The van der Waals surface area contributed by atoms with Gasteiger partial charge in [0.25, 0.3) is 23.0 Å². The van der Waals surface area contributed by atoms with Crippen LogP contribution in [0.15, 0.2) is 107 Å². The molecule has 2 amide bonds. The van der Waals surface area contributed by atoms with Crippen LogP contribution in [0.1, 0.15) is 11.1 Å². The topological polar surface area (TPSA) is 290 Å². The van der Waals surface area contributed by atoms with Crippen molar-refractivity contribution in [3.63, 3.8) is 0 Å². The zero-order valence-electron chi connectivity index (χ0n) is 36.0. The van der Waals surface area contributed by atoms with Crippen LogP contribution in [0, 0.1) is 23.3 Å². The van der Waals surface area contributed by atoms with Crippen LogP contribution in [0.4, 0.5) is 55.5 Å². The Morgan fingerprint density at radius 1 is 0.569 bits per heavy atom. The molecule has 30 heteroatoms. The first-order valence-corrected chi connectivity index (χ1v) is 20.1. The Bertz CT molecular complexity index is 2990. The van der Waals surface area contributed by atoms with Crippen LogP contribution in [0.3, 0.4) is 0 Å². The first-order chi connectivity index (χ1) is 34.0. The summed E-state index contributed by atoms with van der Waals surface area (Å²) >= 11 is 0. The Morgan fingerprint density at radius 3 is 1.26 bits per heavy atom. The molecule has 8 aromatic rings. The number of carbonyl (C=O) groups is 2. The lowest BCUT2D eigenvalue weighted by Gasteiger charge is -2.27. The van der Waals surface area contributed by atoms with Crippen molar-refractivity contribution in [2.45, 2.75) is 36.6 Å². The molecule has 2 aromatic carbocycles. The van der Waals surface area contributed by atoms with Crippen LogP contribution in [0.25, 0.3) is 45.8 Å². The molecule has 0 bridgehead atoms. The highest BCUT2D eigenvalue weighted by Crippen LogP contribution is 2.33. The van der Waals surface area contributed by atoms with Gasteiger partial charge in [-0.25, -0.2) is 37.5 Å². The van der Waals surface area contributed by atoms with E-state index in [-0.39, 0.29) is 47.3 Å². The summed E-state index contributed by atoms with van der Waals surface area (Å²) in [5, 5.41) is 39.5. The fraction of sp³-hybridized carbons (Fsp3) is 0.190. The third-order valence-corrected chi connectivity index (χ3v) is 10.2. The van der Waals surface area contributed by atoms with Crippen molar-refractivity contribution in [3.8, 4) is 45.8 Å². The average molecular weight is 1020 g/mol. The number of halogens is 10. The van der Waals surface area contributed by atoms with Crippen molar-refractivity contribution < 1.29 is 72.8 Å². The zero-order valence-corrected chi connectivity index (χ0v) is 36.0. The first kappa shape index (κ1) is 51.1. The monoisotopic (exact) mass is 1020 g/mol. The number of nitrogens with two attached hydrogens (primary N) is 2. The molecule has 6 heterocycles. The van der Waals surface area contributed by atoms with Gasteiger partial charge < -0.3 is 41.4 Å². The second-order valence-electron chi connectivity index (χ2n) is 15.0. The third kappa shape index (κ3) is 10.8. The Labute approximate surface area is 395 Å². The summed E-state index contributed by atoms with van der Waals surface area (Å²) in [5.41, 5.74) is 3.42. The number of alkyl halides is 6. The minimum Gasteiger partial charge on any atom is -0.371 e. The van der Waals surface area contributed by atoms with Crippen molar-refractivity contribution in [1.29, 1.82) is 0 Å². The van der Waals surface area contributed by atoms with Gasteiger partial charge >= 0.3 is 12.4 Å². The maximum absolute atomic E-state index is 14.2. The van der Waals surface area contributed by atoms with Gasteiger partial charge in [-0.1, -0.05) is 46.7 Å². The van der Waals surface area contributed by atoms with Gasteiger partial charge in [-0.3, -0.25) is 19.0 Å². The van der Waals surface area contributed by atoms with E-state index in [4.69, 9.17) is 20.5 Å². The summed E-state index contributed by atoms with van der Waals surface area (Å²) in [7, 11) is 0. The van der Waals surface area contributed by atoms with Gasteiger partial charge in [0.2, 0.25) is 0 Å². The molecule has 20 nitrogen and oxygen atoms in total. The summed E-state index contributed by atoms with van der Waals surface area (Å²) in [6.45, 7) is -3.10. The minimum absolute atomic E-state index is 0.0355. The molecule has 0 saturated carbocycles. The number of aliphatic hydroxyl groups is 2. The largest absolute Gasteiger partial charge is 0.428 e. The van der Waals surface area contributed by atoms with Crippen LogP contribution < -0.4 is 22.1 Å². The molecule has 0 aliphatic carbocycles. The number of aromatic nitrogens is 10. The second-order valence-corrected chi connectivity index (χ2v) is 15.0. The van der Waals surface area contributed by atoms with Gasteiger partial charge in [0, 0.05) is 23.3 Å². The van der Waals surface area contributed by atoms with Gasteiger partial charge in [0.05, 0.1) is 50.0 Å². The number of carbonyl (C=O) groups excluding carboxylic acids is 2. The number of nitrogens with zero attached hydrogens (tertiary/aromatic N) is 10. The molecule has 8 rings (SSSR count). The molecule has 72 heavy (non-hydrogen) atoms. The number of rotatable bonds is 16. The minimum atomic E-state index is -5.43. The molecule has 2 atom stereocenters. The van der Waals surface area contributed by atoms with Gasteiger partial charge in [0.15, 0.2) is 34.9 Å². The Morgan fingerprint density at radius 2 is 0.944 bits per heavy atom. The van der Waals surface area contributed by atoms with E-state index in [0.717, 1.165) is 0 Å². The normalized spacial score (nSPS) is 13.4. The summed E-state index contributed by atoms with van der Waals surface area (Å²) in [4.78, 5) is 37.7. The van der Waals surface area contributed by atoms with Crippen molar-refractivity contribution in [2.75, 3.05) is 23.7 Å². The maximum atomic E-state index is 14.2. The molecule has 0 unspecified atom stereocenters. The second kappa shape index (κ2) is 20.3. The van der Waals surface area contributed by atoms with Crippen LogP contribution in [0.5, 0.6) is 0 Å². The number of anilines is 2. The molecule has 0 aliphatic rings. The number of benzene rings is 2. The molecule has 376 valence electrons. The molecule has 6 aromatic heterocycles. The maximum Gasteiger partial charge on any atom is 0.428 e. The standard InChI is InChI=1S/2C21H16F5N7O3/c2*22-12-4-2-1-3-11(12)9-33-16(14-5-6-36-32-14)7-15(31-33)18-28-8-13(23)17(30-18)29-10-20(35,19(27)34)21(24,25)26/h2*1-8,35H,9-10H2,(H2,27,34)(H,28,29,30)/t2*20-/m11/s1. The highest BCUT2D eigenvalue weighted by molar-refractivity contribution is 5.85. The Hall–Kier alpha value is -8.80. The van der Waals surface area contributed by atoms with E-state index in [9.17, 15) is 63.7 Å². The zero-order chi connectivity index (χ0) is 52.2. The van der Waals surface area contributed by atoms with E-state index in [1.165, 1.54) is 70.4 Å². The molecular weight excluding hydrogens is 987 g/mol. The van der Waals surface area contributed by atoms with Crippen molar-refractivity contribution in [3.05, 3.63) is 132 Å². The molecule has 0 aliphatic heterocycles. The smallest absolute Gasteiger partial charge is 0.371 e. The Balaban J connectivity index is 0.000000211. The van der Waals surface area contributed by atoms with Gasteiger partial charge in [-0.05, 0) is 24.3 Å². The summed E-state index contributed by atoms with van der Waals surface area (Å²) < 4.78 is 148. The van der Waals surface area contributed by atoms with E-state index in [2.05, 4.69) is 40.4 Å². The molecule has 0 spiro atoms. The predicted molar refractivity (Wildman–Crippen MR) is 226 cm³/mol. The number of nitrogens with one attached hydrogen (secondary N) is 2. The van der Waals surface area contributed by atoms with Crippen LogP contribution in [-0.2, 0) is 22.7 Å². The van der Waals surface area contributed by atoms with Gasteiger partial charge in [0.1, 0.15) is 46.9 Å². The third-order valence-electron chi connectivity index (χ3n) is 10.2. The SMILES string of the molecule is NC(=O)[C@](O)(CNc1nc(-c2cc(-c3ccon3)n(Cc3ccccc3F)n2)ncc1F)C(F)(F)F.NC(=O)[C@](O)(CNc1nc(-c2cc(-c3ccon3)n(Cc3ccccc3F)n2)ncc1F)C(F)(F)F. The predicted octanol–water partition coefficient (Wildman–Crippen LogP) is 5.02. The molecule has 0 radical (unpaired) electrons. The van der Waals surface area contributed by atoms with E-state index in [1.54, 1.807) is 24.3 Å². The van der Waals surface area contributed by atoms with Crippen molar-refractivity contribution in [2.24, 2.45) is 11.5 Å². The van der Waals surface area contributed by atoms with Crippen LogP contribution in [-0.4, -0.2) is 108 Å². The summed E-state index contributed by atoms with van der Waals surface area (Å²) in [6, 6.07) is 17.8. The van der Waals surface area contributed by atoms with Crippen LogP contribution in [0.2, 0.25) is 0 Å². The number of hydrogen-bond donors (Lipinski definition) is 6. The lowest BCUT2D eigenvalue weighted by molar-refractivity contribution is -0.245. The highest BCUT2D eigenvalue weighted by Gasteiger charge is 2.59. The Kier molecular flexibility index (Phi) is 14.4. The molecule has 0 saturated heterocycles.